The van der Waals surface area contributed by atoms with Gasteiger partial charge in [-0.05, 0) is 66.2 Å². The van der Waals surface area contributed by atoms with E-state index in [4.69, 9.17) is 9.97 Å². The number of benzene rings is 4. The van der Waals surface area contributed by atoms with Crippen LogP contribution >= 0.6 is 0 Å². The van der Waals surface area contributed by atoms with Crippen molar-refractivity contribution in [1.29, 1.82) is 10.5 Å². The summed E-state index contributed by atoms with van der Waals surface area (Å²) in [7, 11) is 0. The fourth-order valence-corrected chi connectivity index (χ4v) is 6.74. The highest BCUT2D eigenvalue weighted by Gasteiger charge is 2.25. The molecule has 5 aromatic rings. The third-order valence-corrected chi connectivity index (χ3v) is 10.4. The zero-order valence-electron chi connectivity index (χ0n) is 35.7. The van der Waals surface area contributed by atoms with Crippen molar-refractivity contribution in [1.82, 2.24) is 9.97 Å². The third-order valence-electron chi connectivity index (χ3n) is 10.4. The second-order valence-electron chi connectivity index (χ2n) is 19.3. The van der Waals surface area contributed by atoms with Crippen LogP contribution in [0.25, 0.3) is 0 Å². The quantitative estimate of drug-likeness (QED) is 0.142. The predicted molar refractivity (Wildman–Crippen MR) is 232 cm³/mol. The van der Waals surface area contributed by atoms with Crippen molar-refractivity contribution in [2.45, 2.75) is 131 Å². The van der Waals surface area contributed by atoms with E-state index in [1.807, 2.05) is 0 Å². The molecule has 1 heterocycles. The van der Waals surface area contributed by atoms with Crippen LogP contribution in [0, 0.1) is 22.7 Å². The highest BCUT2D eigenvalue weighted by Crippen LogP contribution is 2.31. The monoisotopic (exact) mass is 744 g/mol. The van der Waals surface area contributed by atoms with Crippen LogP contribution in [-0.2, 0) is 47.8 Å². The summed E-state index contributed by atoms with van der Waals surface area (Å²) in [5, 5.41) is 21.5. The van der Waals surface area contributed by atoms with E-state index in [0.29, 0.717) is 37.8 Å². The van der Waals surface area contributed by atoms with E-state index in [1.54, 1.807) is 0 Å². The summed E-state index contributed by atoms with van der Waals surface area (Å²) in [6.07, 6.45) is 0. The number of nitrogens with zero attached hydrogens (tertiary/aromatic N) is 6. The zero-order chi connectivity index (χ0) is 41.1. The largest absolute Gasteiger partial charge is 0.346 e. The molecule has 0 spiro atoms. The van der Waals surface area contributed by atoms with Gasteiger partial charge in [-0.1, -0.05) is 180 Å². The molecule has 0 bridgehead atoms. The third kappa shape index (κ3) is 10.4. The zero-order valence-corrected chi connectivity index (χ0v) is 35.7. The van der Waals surface area contributed by atoms with Gasteiger partial charge in [0.1, 0.15) is 12.1 Å². The normalized spacial score (nSPS) is 12.2. The Morgan fingerprint density at radius 3 is 0.732 bits per heavy atom. The van der Waals surface area contributed by atoms with Crippen LogP contribution in [0.1, 0.15) is 139 Å². The van der Waals surface area contributed by atoms with Crippen LogP contribution < -0.4 is 9.80 Å². The van der Waals surface area contributed by atoms with Crippen LogP contribution in [0.5, 0.6) is 0 Å². The number of aromatic nitrogens is 2. The Labute approximate surface area is 336 Å². The summed E-state index contributed by atoms with van der Waals surface area (Å²) in [4.78, 5) is 14.2. The average molecular weight is 745 g/mol. The van der Waals surface area contributed by atoms with E-state index >= 15 is 0 Å². The number of hydrogen-bond donors (Lipinski definition) is 0. The van der Waals surface area contributed by atoms with Gasteiger partial charge in [-0.3, -0.25) is 0 Å². The minimum atomic E-state index is 0.0269. The molecular formula is C50H60N6. The molecule has 0 aliphatic carbocycles. The number of hydrogen-bond acceptors (Lipinski definition) is 6. The van der Waals surface area contributed by atoms with Gasteiger partial charge in [0.25, 0.3) is 0 Å². The minimum Gasteiger partial charge on any atom is -0.346 e. The highest BCUT2D eigenvalue weighted by molar-refractivity contribution is 5.61. The van der Waals surface area contributed by atoms with Crippen molar-refractivity contribution in [2.75, 3.05) is 9.80 Å². The van der Waals surface area contributed by atoms with E-state index in [1.165, 1.54) is 22.3 Å². The lowest BCUT2D eigenvalue weighted by molar-refractivity contribution is 0.589. The molecule has 0 N–H and O–H groups in total. The molecule has 6 nitrogen and oxygen atoms in total. The number of rotatable bonds is 10. The number of anilines is 2. The molecule has 5 rings (SSSR count). The summed E-state index contributed by atoms with van der Waals surface area (Å²) in [5.41, 5.74) is 9.81. The molecule has 0 atom stereocenters. The molecule has 0 unspecified atom stereocenters. The van der Waals surface area contributed by atoms with Gasteiger partial charge in [0.2, 0.25) is 0 Å². The van der Waals surface area contributed by atoms with Gasteiger partial charge in [-0.2, -0.15) is 10.5 Å². The summed E-state index contributed by atoms with van der Waals surface area (Å²) < 4.78 is 0. The van der Waals surface area contributed by atoms with Crippen LogP contribution in [0.15, 0.2) is 97.1 Å². The SMILES string of the molecule is CC(C)(C)c1ccc(CN(Cc2ccc(C(C)(C)C)cc2)c2nc(C#N)c(N(Cc3ccc(C(C)(C)C)cc3)Cc3ccc(C(C)(C)C)cc3)nc2C#N)cc1. The van der Waals surface area contributed by atoms with Crippen molar-refractivity contribution < 1.29 is 0 Å². The first-order valence-electron chi connectivity index (χ1n) is 19.8. The lowest BCUT2D eigenvalue weighted by Crippen LogP contribution is -2.28. The van der Waals surface area contributed by atoms with Crippen molar-refractivity contribution in [2.24, 2.45) is 0 Å². The van der Waals surface area contributed by atoms with Gasteiger partial charge in [0.05, 0.1) is 0 Å². The molecule has 0 saturated heterocycles. The standard InChI is InChI=1S/C50H60N6/c1-47(2,3)39-21-13-35(14-22-39)31-55(32-36-15-23-40(24-16-36)48(4,5)6)45-43(29-51)54-46(44(30-52)53-45)56(33-37-17-25-41(26-18-37)49(7,8)9)34-38-19-27-42(28-20-38)50(10,11)12/h13-28H,31-34H2,1-12H3. The smallest absolute Gasteiger partial charge is 0.185 e. The Morgan fingerprint density at radius 1 is 0.375 bits per heavy atom. The van der Waals surface area contributed by atoms with Gasteiger partial charge >= 0.3 is 0 Å². The maximum Gasteiger partial charge on any atom is 0.185 e. The molecule has 0 amide bonds. The molecule has 6 heteroatoms. The average Bonchev–Trinajstić information content (AvgIpc) is 3.13. The Hall–Kier alpha value is -5.46. The van der Waals surface area contributed by atoms with E-state index in [-0.39, 0.29) is 33.0 Å². The van der Waals surface area contributed by atoms with Crippen LogP contribution in [0.3, 0.4) is 0 Å². The van der Waals surface area contributed by atoms with E-state index in [0.717, 1.165) is 22.3 Å². The second-order valence-corrected chi connectivity index (χ2v) is 19.3. The van der Waals surface area contributed by atoms with Crippen molar-refractivity contribution in [3.63, 3.8) is 0 Å². The fraction of sp³-hybridized carbons (Fsp3) is 0.400. The second kappa shape index (κ2) is 16.3. The predicted octanol–water partition coefficient (Wildman–Crippen LogP) is 11.8. The van der Waals surface area contributed by atoms with E-state index in [2.05, 4.69) is 202 Å². The van der Waals surface area contributed by atoms with Gasteiger partial charge in [0, 0.05) is 26.2 Å². The van der Waals surface area contributed by atoms with Gasteiger partial charge in [-0.15, -0.1) is 0 Å². The van der Waals surface area contributed by atoms with Crippen LogP contribution in [0.2, 0.25) is 0 Å². The summed E-state index contributed by atoms with van der Waals surface area (Å²) in [6.45, 7) is 28.5. The van der Waals surface area contributed by atoms with E-state index < -0.39 is 0 Å². The Morgan fingerprint density at radius 2 is 0.571 bits per heavy atom. The van der Waals surface area contributed by atoms with Gasteiger partial charge in [0.15, 0.2) is 23.0 Å². The molecule has 4 aromatic carbocycles. The molecular weight excluding hydrogens is 685 g/mol. The first kappa shape index (κ1) is 41.7. The summed E-state index contributed by atoms with van der Waals surface area (Å²) in [6, 6.07) is 39.3. The Bertz CT molecular complexity index is 1890. The molecule has 1 aromatic heterocycles. The van der Waals surface area contributed by atoms with Gasteiger partial charge in [-0.25, -0.2) is 9.97 Å². The molecule has 56 heavy (non-hydrogen) atoms. The van der Waals surface area contributed by atoms with Crippen LogP contribution in [0.4, 0.5) is 11.6 Å². The molecule has 0 aliphatic heterocycles. The van der Waals surface area contributed by atoms with Crippen molar-refractivity contribution >= 4 is 11.6 Å². The van der Waals surface area contributed by atoms with Crippen molar-refractivity contribution in [3.05, 3.63) is 153 Å². The Balaban J connectivity index is 1.60. The maximum absolute atomic E-state index is 10.7. The lowest BCUT2D eigenvalue weighted by Gasteiger charge is -2.29. The molecule has 290 valence electrons. The fourth-order valence-electron chi connectivity index (χ4n) is 6.74. The molecule has 0 fully saturated rings. The topological polar surface area (TPSA) is 79.8 Å². The highest BCUT2D eigenvalue weighted by atomic mass is 15.2. The first-order chi connectivity index (χ1) is 26.1. The summed E-state index contributed by atoms with van der Waals surface area (Å²) >= 11 is 0. The van der Waals surface area contributed by atoms with Gasteiger partial charge < -0.3 is 9.80 Å². The van der Waals surface area contributed by atoms with Crippen LogP contribution in [-0.4, -0.2) is 9.97 Å². The van der Waals surface area contributed by atoms with Crippen molar-refractivity contribution in [3.8, 4) is 12.1 Å². The minimum absolute atomic E-state index is 0.0269. The first-order valence-corrected chi connectivity index (χ1v) is 19.8. The van der Waals surface area contributed by atoms with E-state index in [9.17, 15) is 10.5 Å². The molecule has 0 aliphatic rings. The summed E-state index contributed by atoms with van der Waals surface area (Å²) in [5.74, 6) is 0.799. The molecule has 0 radical (unpaired) electrons. The number of nitriles is 2. The Kier molecular flexibility index (Phi) is 12.2. The molecule has 0 saturated carbocycles. The maximum atomic E-state index is 10.7. The lowest BCUT2D eigenvalue weighted by atomic mass is 9.86.